The second-order valence-corrected chi connectivity index (χ2v) is 10.8. The van der Waals surface area contributed by atoms with Crippen molar-refractivity contribution in [3.8, 4) is 5.75 Å². The van der Waals surface area contributed by atoms with E-state index in [0.717, 1.165) is 16.5 Å². The van der Waals surface area contributed by atoms with Crippen LogP contribution >= 0.6 is 0 Å². The second-order valence-electron chi connectivity index (χ2n) is 10.8. The summed E-state index contributed by atoms with van der Waals surface area (Å²) >= 11 is 0. The van der Waals surface area contributed by atoms with Gasteiger partial charge >= 0.3 is 0 Å². The van der Waals surface area contributed by atoms with Crippen LogP contribution in [0, 0.1) is 0 Å². The van der Waals surface area contributed by atoms with Crippen LogP contribution < -0.4 is 20.7 Å². The highest BCUT2D eigenvalue weighted by molar-refractivity contribution is 5.98. The number of ether oxygens (including phenoxy) is 1. The van der Waals surface area contributed by atoms with Crippen molar-refractivity contribution in [2.75, 3.05) is 32.8 Å². The number of amides is 4. The molecule has 4 N–H and O–H groups in total. The third-order valence-corrected chi connectivity index (χ3v) is 7.55. The number of fused-ring (bicyclic) bond motifs is 3. The summed E-state index contributed by atoms with van der Waals surface area (Å²) in [4.78, 5) is 61.2. The summed E-state index contributed by atoms with van der Waals surface area (Å²) in [5.74, 6) is -0.739. The number of benzene rings is 2. The van der Waals surface area contributed by atoms with Gasteiger partial charge in [0.1, 0.15) is 18.4 Å². The number of carbonyl (C=O) groups is 4. The minimum atomic E-state index is -0.838. The van der Waals surface area contributed by atoms with E-state index >= 15 is 0 Å². The first-order chi connectivity index (χ1) is 21.4. The number of nitrogens with one attached hydrogen (secondary N) is 4. The standard InChI is InChI=1S/C32H37N7O5/c1-38-19-23(26-9-2-3-10-28(26)38)16-30(41)39-13-5-4-11-35-32(43)27(17-24-18-33-21-36-24)37-31(42)22-7-6-8-25(15-22)44-14-12-34-29(40)20-39/h2-3,6-10,15,18-19,21,27H,4-5,11-14,16-17,20H2,1H3,(H,33,36)(H,34,40)(H,35,43)(H,37,42)/t27-/m0/s1. The number of nitrogens with zero attached hydrogens (tertiary/aromatic N) is 3. The van der Waals surface area contributed by atoms with Gasteiger partial charge in [-0.3, -0.25) is 19.2 Å². The van der Waals surface area contributed by atoms with Crippen LogP contribution in [0.4, 0.5) is 0 Å². The number of H-pyrrole nitrogens is 1. The van der Waals surface area contributed by atoms with E-state index in [1.54, 1.807) is 35.4 Å². The maximum atomic E-state index is 13.5. The molecule has 0 radical (unpaired) electrons. The molecule has 1 aliphatic rings. The molecular weight excluding hydrogens is 562 g/mol. The van der Waals surface area contributed by atoms with Crippen LogP contribution in [0.25, 0.3) is 10.9 Å². The molecule has 0 spiro atoms. The van der Waals surface area contributed by atoms with Gasteiger partial charge in [0, 0.05) is 61.1 Å². The monoisotopic (exact) mass is 599 g/mol. The van der Waals surface area contributed by atoms with E-state index in [1.807, 2.05) is 42.1 Å². The van der Waals surface area contributed by atoms with Crippen LogP contribution in [0.5, 0.6) is 5.75 Å². The zero-order chi connectivity index (χ0) is 30.9. The lowest BCUT2D eigenvalue weighted by Gasteiger charge is -2.22. The molecule has 2 bridgehead atoms. The van der Waals surface area contributed by atoms with Crippen LogP contribution in [0.2, 0.25) is 0 Å². The van der Waals surface area contributed by atoms with Gasteiger partial charge in [0.15, 0.2) is 0 Å². The highest BCUT2D eigenvalue weighted by Crippen LogP contribution is 2.21. The number of imidazole rings is 1. The van der Waals surface area contributed by atoms with Crippen LogP contribution in [-0.2, 0) is 34.3 Å². The van der Waals surface area contributed by atoms with Crippen LogP contribution in [-0.4, -0.2) is 81.9 Å². The lowest BCUT2D eigenvalue weighted by atomic mass is 10.1. The Morgan fingerprint density at radius 3 is 2.75 bits per heavy atom. The van der Waals surface area contributed by atoms with Gasteiger partial charge in [0.25, 0.3) is 5.91 Å². The third-order valence-electron chi connectivity index (χ3n) is 7.55. The third kappa shape index (κ3) is 7.82. The quantitative estimate of drug-likeness (QED) is 0.281. The predicted octanol–water partition coefficient (Wildman–Crippen LogP) is 1.72. The average molecular weight is 600 g/mol. The van der Waals surface area contributed by atoms with E-state index in [0.29, 0.717) is 42.9 Å². The first-order valence-electron chi connectivity index (χ1n) is 14.7. The topological polar surface area (TPSA) is 150 Å². The van der Waals surface area contributed by atoms with Gasteiger partial charge in [-0.1, -0.05) is 24.3 Å². The normalized spacial score (nSPS) is 17.4. The molecule has 2 aromatic heterocycles. The molecule has 230 valence electrons. The minimum Gasteiger partial charge on any atom is -0.492 e. The Labute approximate surface area is 255 Å². The number of carbonyl (C=O) groups excluding carboxylic acids is 4. The van der Waals surface area contributed by atoms with Crippen molar-refractivity contribution >= 4 is 34.5 Å². The fourth-order valence-electron chi connectivity index (χ4n) is 5.28. The molecule has 0 aliphatic carbocycles. The summed E-state index contributed by atoms with van der Waals surface area (Å²) in [6.45, 7) is 1.01. The molecule has 1 aliphatic heterocycles. The number of rotatable bonds is 4. The number of hydrogen-bond acceptors (Lipinski definition) is 6. The Hall–Kier alpha value is -5.13. The van der Waals surface area contributed by atoms with Gasteiger partial charge in [-0.15, -0.1) is 0 Å². The zero-order valence-electron chi connectivity index (χ0n) is 24.7. The maximum Gasteiger partial charge on any atom is 0.252 e. The van der Waals surface area contributed by atoms with E-state index in [9.17, 15) is 19.2 Å². The van der Waals surface area contributed by atoms with Crippen molar-refractivity contribution in [3.63, 3.8) is 0 Å². The van der Waals surface area contributed by atoms with Crippen LogP contribution in [0.3, 0.4) is 0 Å². The average Bonchev–Trinajstić information content (AvgIpc) is 3.65. The molecule has 1 atom stereocenters. The Kier molecular flexibility index (Phi) is 9.90. The molecule has 44 heavy (non-hydrogen) atoms. The fourth-order valence-corrected chi connectivity index (χ4v) is 5.28. The molecule has 0 fully saturated rings. The predicted molar refractivity (Wildman–Crippen MR) is 164 cm³/mol. The Bertz CT molecular complexity index is 1610. The highest BCUT2D eigenvalue weighted by Gasteiger charge is 2.23. The Balaban J connectivity index is 1.29. The van der Waals surface area contributed by atoms with Gasteiger partial charge in [-0.05, 0) is 42.7 Å². The zero-order valence-corrected chi connectivity index (χ0v) is 24.7. The smallest absolute Gasteiger partial charge is 0.252 e. The molecule has 2 aromatic carbocycles. The molecule has 0 saturated carbocycles. The first-order valence-corrected chi connectivity index (χ1v) is 14.7. The lowest BCUT2D eigenvalue weighted by molar-refractivity contribution is -0.135. The summed E-state index contributed by atoms with van der Waals surface area (Å²) in [5.41, 5.74) is 2.98. The summed E-state index contributed by atoms with van der Waals surface area (Å²) in [6, 6.07) is 13.7. The highest BCUT2D eigenvalue weighted by atomic mass is 16.5. The van der Waals surface area contributed by atoms with Crippen molar-refractivity contribution in [2.24, 2.45) is 7.05 Å². The van der Waals surface area contributed by atoms with Crippen LogP contribution in [0.15, 0.2) is 67.3 Å². The molecule has 0 saturated heterocycles. The Morgan fingerprint density at radius 1 is 1.05 bits per heavy atom. The number of aryl methyl sites for hydroxylation is 1. The molecule has 3 heterocycles. The largest absolute Gasteiger partial charge is 0.492 e. The van der Waals surface area contributed by atoms with Crippen molar-refractivity contribution < 1.29 is 23.9 Å². The van der Waals surface area contributed by atoms with E-state index in [4.69, 9.17) is 4.74 Å². The van der Waals surface area contributed by atoms with Crippen molar-refractivity contribution in [1.82, 2.24) is 35.4 Å². The SMILES string of the molecule is Cn1cc(CC(=O)N2CCCCNC(=O)[C@H](Cc3cnc[nH]3)NC(=O)c3cccc(c3)OCCNC(=O)C2)c2ccccc21. The molecule has 4 amide bonds. The molecule has 12 nitrogen and oxygen atoms in total. The summed E-state index contributed by atoms with van der Waals surface area (Å²) in [5, 5.41) is 9.56. The van der Waals surface area contributed by atoms with E-state index in [1.165, 1.54) is 6.33 Å². The van der Waals surface area contributed by atoms with Gasteiger partial charge in [-0.25, -0.2) is 4.98 Å². The fraction of sp³-hybridized carbons (Fsp3) is 0.344. The number of hydrogen-bond donors (Lipinski definition) is 4. The number of aromatic nitrogens is 3. The molecule has 12 heteroatoms. The summed E-state index contributed by atoms with van der Waals surface area (Å²) in [6.07, 6.45) is 6.63. The van der Waals surface area contributed by atoms with Gasteiger partial charge in [-0.2, -0.15) is 0 Å². The molecule has 5 rings (SSSR count). The molecular formula is C32H37N7O5. The van der Waals surface area contributed by atoms with Gasteiger partial charge in [0.2, 0.25) is 17.7 Å². The lowest BCUT2D eigenvalue weighted by Crippen LogP contribution is -2.48. The Morgan fingerprint density at radius 2 is 1.91 bits per heavy atom. The van der Waals surface area contributed by atoms with Crippen molar-refractivity contribution in [1.29, 1.82) is 0 Å². The minimum absolute atomic E-state index is 0.0872. The van der Waals surface area contributed by atoms with E-state index < -0.39 is 11.9 Å². The van der Waals surface area contributed by atoms with Gasteiger partial charge < -0.3 is 35.1 Å². The molecule has 4 aromatic rings. The number of aromatic amines is 1. The maximum absolute atomic E-state index is 13.5. The van der Waals surface area contributed by atoms with Crippen molar-refractivity contribution in [3.05, 3.63) is 84.1 Å². The second kappa shape index (κ2) is 14.4. The van der Waals surface area contributed by atoms with E-state index in [2.05, 4.69) is 25.9 Å². The summed E-state index contributed by atoms with van der Waals surface area (Å²) < 4.78 is 7.76. The summed E-state index contributed by atoms with van der Waals surface area (Å²) in [7, 11) is 1.94. The van der Waals surface area contributed by atoms with Crippen molar-refractivity contribution in [2.45, 2.75) is 31.7 Å². The van der Waals surface area contributed by atoms with Crippen LogP contribution in [0.1, 0.15) is 34.5 Å². The number of para-hydroxylation sites is 1. The molecule has 0 unspecified atom stereocenters. The first kappa shape index (κ1) is 30.3. The van der Waals surface area contributed by atoms with Gasteiger partial charge in [0.05, 0.1) is 25.8 Å². The van der Waals surface area contributed by atoms with E-state index in [-0.39, 0.29) is 50.3 Å².